The monoisotopic (exact) mass is 270 g/mol. The molecule has 0 unspecified atom stereocenters. The van der Waals surface area contributed by atoms with E-state index >= 15 is 0 Å². The highest BCUT2D eigenvalue weighted by Crippen LogP contribution is 2.34. The summed E-state index contributed by atoms with van der Waals surface area (Å²) in [5.74, 6) is 0. The Morgan fingerprint density at radius 3 is 3.15 bits per heavy atom. The van der Waals surface area contributed by atoms with Gasteiger partial charge in [0, 0.05) is 30.9 Å². The van der Waals surface area contributed by atoms with Crippen molar-refractivity contribution < 1.29 is 0 Å². The van der Waals surface area contributed by atoms with E-state index in [1.807, 2.05) is 12.5 Å². The first-order valence-corrected chi connectivity index (χ1v) is 7.34. The van der Waals surface area contributed by atoms with Crippen LogP contribution in [-0.2, 0) is 13.0 Å². The van der Waals surface area contributed by atoms with Gasteiger partial charge in [-0.2, -0.15) is 0 Å². The number of fused-ring (bicyclic) bond motifs is 1. The molecule has 1 aromatic carbocycles. The normalized spacial score (nSPS) is 13.6. The van der Waals surface area contributed by atoms with Crippen LogP contribution in [-0.4, -0.2) is 41.1 Å². The quantitative estimate of drug-likeness (QED) is 0.906. The number of hydrogen-bond donors (Lipinski definition) is 1. The summed E-state index contributed by atoms with van der Waals surface area (Å²) in [5, 5.41) is 3.51. The molecule has 4 heteroatoms. The van der Waals surface area contributed by atoms with E-state index in [-0.39, 0.29) is 0 Å². The molecular weight excluding hydrogens is 248 g/mol. The summed E-state index contributed by atoms with van der Waals surface area (Å²) in [7, 11) is 2.15. The molecular formula is C16H22N4. The molecule has 0 aliphatic carbocycles. The molecule has 106 valence electrons. The fourth-order valence-electron chi connectivity index (χ4n) is 2.71. The molecule has 2 heterocycles. The van der Waals surface area contributed by atoms with Gasteiger partial charge in [-0.3, -0.25) is 0 Å². The van der Waals surface area contributed by atoms with Gasteiger partial charge in [-0.1, -0.05) is 25.1 Å². The first-order valence-electron chi connectivity index (χ1n) is 7.34. The summed E-state index contributed by atoms with van der Waals surface area (Å²) < 4.78 is 2.25. The highest BCUT2D eigenvalue weighted by atomic mass is 15.1. The summed E-state index contributed by atoms with van der Waals surface area (Å²) >= 11 is 0. The Kier molecular flexibility index (Phi) is 3.74. The lowest BCUT2D eigenvalue weighted by atomic mass is 10.1. The van der Waals surface area contributed by atoms with Gasteiger partial charge in [0.05, 0.1) is 18.2 Å². The van der Waals surface area contributed by atoms with Crippen LogP contribution in [0, 0.1) is 0 Å². The summed E-state index contributed by atoms with van der Waals surface area (Å²) in [5.41, 5.74) is 5.19. The second kappa shape index (κ2) is 5.67. The van der Waals surface area contributed by atoms with Crippen LogP contribution in [0.1, 0.15) is 12.5 Å². The van der Waals surface area contributed by atoms with Crippen molar-refractivity contribution in [3.63, 3.8) is 0 Å². The number of nitrogens with one attached hydrogen (secondary N) is 1. The fraction of sp³-hybridized carbons (Fsp3) is 0.438. The van der Waals surface area contributed by atoms with Crippen molar-refractivity contribution in [1.29, 1.82) is 0 Å². The molecule has 2 aromatic rings. The minimum Gasteiger partial charge on any atom is -0.384 e. The van der Waals surface area contributed by atoms with Gasteiger partial charge < -0.3 is 14.8 Å². The van der Waals surface area contributed by atoms with Gasteiger partial charge in [0.25, 0.3) is 0 Å². The number of anilines is 1. The highest BCUT2D eigenvalue weighted by Gasteiger charge is 2.17. The third kappa shape index (κ3) is 2.43. The van der Waals surface area contributed by atoms with Crippen molar-refractivity contribution in [2.45, 2.75) is 19.9 Å². The van der Waals surface area contributed by atoms with Gasteiger partial charge in [-0.25, -0.2) is 4.98 Å². The van der Waals surface area contributed by atoms with Gasteiger partial charge in [-0.05, 0) is 25.6 Å². The van der Waals surface area contributed by atoms with Gasteiger partial charge in [0.2, 0.25) is 0 Å². The van der Waals surface area contributed by atoms with Crippen molar-refractivity contribution in [2.75, 3.05) is 32.0 Å². The first kappa shape index (κ1) is 13.2. The second-order valence-corrected chi connectivity index (χ2v) is 5.38. The van der Waals surface area contributed by atoms with Crippen LogP contribution >= 0.6 is 0 Å². The third-order valence-electron chi connectivity index (χ3n) is 4.10. The topological polar surface area (TPSA) is 33.1 Å². The SMILES string of the molecule is CCN(C)CCn1cncc1-c1cccc2c1NCC2. The molecule has 20 heavy (non-hydrogen) atoms. The molecule has 1 aliphatic heterocycles. The summed E-state index contributed by atoms with van der Waals surface area (Å²) in [6.45, 7) is 6.32. The van der Waals surface area contributed by atoms with E-state index in [2.05, 4.69) is 51.9 Å². The van der Waals surface area contributed by atoms with E-state index in [0.717, 1.165) is 32.6 Å². The molecule has 1 aromatic heterocycles. The fourth-order valence-corrected chi connectivity index (χ4v) is 2.71. The van der Waals surface area contributed by atoms with Crippen LogP contribution in [0.25, 0.3) is 11.3 Å². The molecule has 0 bridgehead atoms. The zero-order chi connectivity index (χ0) is 13.9. The average Bonchev–Trinajstić information content (AvgIpc) is 3.12. The summed E-state index contributed by atoms with van der Waals surface area (Å²) in [6, 6.07) is 6.55. The summed E-state index contributed by atoms with van der Waals surface area (Å²) in [6.07, 6.45) is 5.03. The Hall–Kier alpha value is -1.81. The molecule has 0 spiro atoms. The van der Waals surface area contributed by atoms with Crippen molar-refractivity contribution in [2.24, 2.45) is 0 Å². The number of hydrogen-bond acceptors (Lipinski definition) is 3. The predicted molar refractivity (Wildman–Crippen MR) is 83.0 cm³/mol. The van der Waals surface area contributed by atoms with E-state index in [4.69, 9.17) is 0 Å². The lowest BCUT2D eigenvalue weighted by Crippen LogP contribution is -2.22. The van der Waals surface area contributed by atoms with Gasteiger partial charge in [-0.15, -0.1) is 0 Å². The Morgan fingerprint density at radius 1 is 1.40 bits per heavy atom. The van der Waals surface area contributed by atoms with Crippen LogP contribution in [0.3, 0.4) is 0 Å². The minimum absolute atomic E-state index is 0.976. The molecule has 0 radical (unpaired) electrons. The lowest BCUT2D eigenvalue weighted by Gasteiger charge is -2.16. The maximum atomic E-state index is 4.34. The number of benzene rings is 1. The van der Waals surface area contributed by atoms with Crippen molar-refractivity contribution in [3.05, 3.63) is 36.3 Å². The van der Waals surface area contributed by atoms with Crippen LogP contribution in [0.2, 0.25) is 0 Å². The van der Waals surface area contributed by atoms with Gasteiger partial charge >= 0.3 is 0 Å². The second-order valence-electron chi connectivity index (χ2n) is 5.38. The molecule has 1 N–H and O–H groups in total. The first-order chi connectivity index (χ1) is 9.79. The number of nitrogens with zero attached hydrogens (tertiary/aromatic N) is 3. The van der Waals surface area contributed by atoms with Crippen LogP contribution in [0.4, 0.5) is 5.69 Å². The van der Waals surface area contributed by atoms with Crippen molar-refractivity contribution in [3.8, 4) is 11.3 Å². The van der Waals surface area contributed by atoms with E-state index in [9.17, 15) is 0 Å². The highest BCUT2D eigenvalue weighted by molar-refractivity contribution is 5.79. The Morgan fingerprint density at radius 2 is 2.30 bits per heavy atom. The number of rotatable bonds is 5. The smallest absolute Gasteiger partial charge is 0.0951 e. The molecule has 1 aliphatic rings. The standard InChI is InChI=1S/C16H22N4/c1-3-19(2)9-10-20-12-17-11-15(20)14-6-4-5-13-7-8-18-16(13)14/h4-6,11-12,18H,3,7-10H2,1-2H3. The molecule has 0 atom stereocenters. The summed E-state index contributed by atoms with van der Waals surface area (Å²) in [4.78, 5) is 6.66. The Labute approximate surface area is 120 Å². The zero-order valence-corrected chi connectivity index (χ0v) is 12.3. The van der Waals surface area contributed by atoms with Crippen LogP contribution < -0.4 is 5.32 Å². The number of imidazole rings is 1. The molecule has 0 saturated carbocycles. The number of aromatic nitrogens is 2. The lowest BCUT2D eigenvalue weighted by molar-refractivity contribution is 0.336. The Bertz CT molecular complexity index is 588. The van der Waals surface area contributed by atoms with E-state index < -0.39 is 0 Å². The predicted octanol–water partition coefficient (Wildman–Crippen LogP) is 2.47. The average molecular weight is 270 g/mol. The van der Waals surface area contributed by atoms with Crippen molar-refractivity contribution in [1.82, 2.24) is 14.5 Å². The molecule has 0 amide bonds. The van der Waals surface area contributed by atoms with E-state index in [0.29, 0.717) is 0 Å². The number of likely N-dealkylation sites (N-methyl/N-ethyl adjacent to an activating group) is 1. The largest absolute Gasteiger partial charge is 0.384 e. The third-order valence-corrected chi connectivity index (χ3v) is 4.10. The van der Waals surface area contributed by atoms with Crippen molar-refractivity contribution >= 4 is 5.69 Å². The van der Waals surface area contributed by atoms with Crippen LogP contribution in [0.5, 0.6) is 0 Å². The molecule has 0 saturated heterocycles. The molecule has 4 nitrogen and oxygen atoms in total. The minimum atomic E-state index is 0.976. The maximum Gasteiger partial charge on any atom is 0.0951 e. The van der Waals surface area contributed by atoms with E-state index in [1.54, 1.807) is 0 Å². The molecule has 0 fully saturated rings. The van der Waals surface area contributed by atoms with Crippen LogP contribution in [0.15, 0.2) is 30.7 Å². The zero-order valence-electron chi connectivity index (χ0n) is 12.3. The molecule has 3 rings (SSSR count). The Balaban J connectivity index is 1.88. The van der Waals surface area contributed by atoms with Gasteiger partial charge in [0.15, 0.2) is 0 Å². The maximum absolute atomic E-state index is 4.34. The van der Waals surface area contributed by atoms with E-state index in [1.165, 1.54) is 22.5 Å². The van der Waals surface area contributed by atoms with Gasteiger partial charge in [0.1, 0.15) is 0 Å². The number of para-hydroxylation sites is 1.